The van der Waals surface area contributed by atoms with E-state index in [0.717, 1.165) is 16.7 Å². The van der Waals surface area contributed by atoms with E-state index in [1.165, 1.54) is 6.07 Å². The summed E-state index contributed by atoms with van der Waals surface area (Å²) in [5, 5.41) is 13.8. The second-order valence-electron chi connectivity index (χ2n) is 8.34. The van der Waals surface area contributed by atoms with E-state index in [9.17, 15) is 14.4 Å². The molecule has 0 saturated carbocycles. The molecule has 3 aromatic carbocycles. The van der Waals surface area contributed by atoms with Crippen LogP contribution in [0.15, 0.2) is 71.9 Å². The standard InChI is InChI=1S/C27H23FN2O2/c1-17(2)11-26(31)21-13-19(22-8-4-3-7-18(22)16-29)12-20(14-21)25-15-27(32-30-25)23-9-5-6-10-24(23)28/h3-10,12-14,17,27H,11,15H2,1-2H3. The predicted molar refractivity (Wildman–Crippen MR) is 122 cm³/mol. The van der Waals surface area contributed by atoms with Gasteiger partial charge in [-0.3, -0.25) is 4.79 Å². The van der Waals surface area contributed by atoms with Gasteiger partial charge in [0.2, 0.25) is 0 Å². The number of carbonyl (C=O) groups excluding carboxylic acids is 1. The van der Waals surface area contributed by atoms with E-state index < -0.39 is 6.10 Å². The first-order chi connectivity index (χ1) is 15.5. The third-order valence-corrected chi connectivity index (χ3v) is 5.46. The molecule has 1 aliphatic heterocycles. The maximum absolute atomic E-state index is 14.2. The van der Waals surface area contributed by atoms with Crippen molar-refractivity contribution < 1.29 is 14.0 Å². The molecule has 3 aromatic rings. The molecule has 0 saturated heterocycles. The molecule has 1 atom stereocenters. The Hall–Kier alpha value is -3.78. The van der Waals surface area contributed by atoms with E-state index in [1.54, 1.807) is 24.3 Å². The van der Waals surface area contributed by atoms with Gasteiger partial charge in [-0.25, -0.2) is 4.39 Å². The van der Waals surface area contributed by atoms with Gasteiger partial charge in [0.1, 0.15) is 5.82 Å². The number of rotatable bonds is 6. The monoisotopic (exact) mass is 426 g/mol. The number of hydrogen-bond donors (Lipinski definition) is 0. The first-order valence-electron chi connectivity index (χ1n) is 10.6. The van der Waals surface area contributed by atoms with Crippen molar-refractivity contribution in [3.05, 3.63) is 94.8 Å². The van der Waals surface area contributed by atoms with Crippen molar-refractivity contribution in [1.82, 2.24) is 0 Å². The van der Waals surface area contributed by atoms with Gasteiger partial charge < -0.3 is 4.84 Å². The molecule has 160 valence electrons. The van der Waals surface area contributed by atoms with Crippen LogP contribution in [0.2, 0.25) is 0 Å². The number of nitriles is 1. The van der Waals surface area contributed by atoms with Gasteiger partial charge in [-0.15, -0.1) is 0 Å². The van der Waals surface area contributed by atoms with Crippen LogP contribution >= 0.6 is 0 Å². The molecule has 0 aliphatic carbocycles. The second-order valence-corrected chi connectivity index (χ2v) is 8.34. The van der Waals surface area contributed by atoms with Crippen molar-refractivity contribution >= 4 is 11.5 Å². The Bertz CT molecular complexity index is 1240. The lowest BCUT2D eigenvalue weighted by atomic mass is 9.90. The lowest BCUT2D eigenvalue weighted by molar-refractivity contribution is 0.0830. The van der Waals surface area contributed by atoms with Crippen LogP contribution in [-0.4, -0.2) is 11.5 Å². The highest BCUT2D eigenvalue weighted by molar-refractivity contribution is 6.06. The molecular formula is C27H23FN2O2. The van der Waals surface area contributed by atoms with Crippen molar-refractivity contribution in [2.24, 2.45) is 11.1 Å². The predicted octanol–water partition coefficient (Wildman–Crippen LogP) is 6.46. The van der Waals surface area contributed by atoms with Crippen LogP contribution in [0.3, 0.4) is 0 Å². The fourth-order valence-corrected chi connectivity index (χ4v) is 3.88. The summed E-state index contributed by atoms with van der Waals surface area (Å²) < 4.78 is 14.2. The number of oxime groups is 1. The highest BCUT2D eigenvalue weighted by Crippen LogP contribution is 2.33. The normalized spacial score (nSPS) is 15.2. The Morgan fingerprint density at radius 1 is 1.12 bits per heavy atom. The number of ketones is 1. The van der Waals surface area contributed by atoms with Crippen LogP contribution in [0, 0.1) is 23.1 Å². The Morgan fingerprint density at radius 2 is 1.84 bits per heavy atom. The van der Waals surface area contributed by atoms with Crippen molar-refractivity contribution in [2.75, 3.05) is 0 Å². The first-order valence-corrected chi connectivity index (χ1v) is 10.6. The second kappa shape index (κ2) is 9.15. The van der Waals surface area contributed by atoms with Gasteiger partial charge in [-0.05, 0) is 47.4 Å². The van der Waals surface area contributed by atoms with Gasteiger partial charge in [0.15, 0.2) is 11.9 Å². The molecular weight excluding hydrogens is 403 g/mol. The molecule has 0 spiro atoms. The molecule has 1 unspecified atom stereocenters. The quantitative estimate of drug-likeness (QED) is 0.425. The van der Waals surface area contributed by atoms with Gasteiger partial charge in [0.25, 0.3) is 0 Å². The lowest BCUT2D eigenvalue weighted by Crippen LogP contribution is -2.08. The van der Waals surface area contributed by atoms with Gasteiger partial charge in [-0.2, -0.15) is 5.26 Å². The molecule has 0 N–H and O–H groups in total. The molecule has 32 heavy (non-hydrogen) atoms. The zero-order chi connectivity index (χ0) is 22.7. The third kappa shape index (κ3) is 4.45. The van der Waals surface area contributed by atoms with Crippen molar-refractivity contribution in [3.63, 3.8) is 0 Å². The van der Waals surface area contributed by atoms with Gasteiger partial charge in [0.05, 0.1) is 17.3 Å². The van der Waals surface area contributed by atoms with Crippen LogP contribution in [0.4, 0.5) is 4.39 Å². The van der Waals surface area contributed by atoms with E-state index >= 15 is 0 Å². The molecule has 0 bridgehead atoms. The molecule has 0 fully saturated rings. The van der Waals surface area contributed by atoms with E-state index in [-0.39, 0.29) is 17.5 Å². The summed E-state index contributed by atoms with van der Waals surface area (Å²) in [5.74, 6) is -0.0836. The Balaban J connectivity index is 1.74. The Labute approximate surface area is 187 Å². The highest BCUT2D eigenvalue weighted by Gasteiger charge is 2.27. The molecule has 4 rings (SSSR count). The maximum atomic E-state index is 14.2. The molecule has 0 radical (unpaired) electrons. The van der Waals surface area contributed by atoms with Crippen LogP contribution < -0.4 is 0 Å². The third-order valence-electron chi connectivity index (χ3n) is 5.46. The average Bonchev–Trinajstić information content (AvgIpc) is 3.28. The summed E-state index contributed by atoms with van der Waals surface area (Å²) in [7, 11) is 0. The van der Waals surface area contributed by atoms with Gasteiger partial charge in [0, 0.05) is 29.5 Å². The molecule has 5 heteroatoms. The number of halogens is 1. The summed E-state index contributed by atoms with van der Waals surface area (Å²) in [5.41, 5.74) is 4.45. The van der Waals surface area contributed by atoms with Gasteiger partial charge in [-0.1, -0.05) is 55.4 Å². The largest absolute Gasteiger partial charge is 0.387 e. The van der Waals surface area contributed by atoms with Crippen LogP contribution in [0.5, 0.6) is 0 Å². The number of Topliss-reactive ketones (excluding diaryl/α,β-unsaturated/α-hetero) is 1. The number of benzene rings is 3. The SMILES string of the molecule is CC(C)CC(=O)c1cc(C2=NOC(c3ccccc3F)C2)cc(-c2ccccc2C#N)c1. The smallest absolute Gasteiger partial charge is 0.163 e. The summed E-state index contributed by atoms with van der Waals surface area (Å²) in [6.07, 6.45) is 0.294. The molecule has 0 amide bonds. The first kappa shape index (κ1) is 21.5. The van der Waals surface area contributed by atoms with Crippen molar-refractivity contribution in [2.45, 2.75) is 32.8 Å². The topological polar surface area (TPSA) is 62.4 Å². The number of carbonyl (C=O) groups is 1. The van der Waals surface area contributed by atoms with Gasteiger partial charge >= 0.3 is 0 Å². The highest BCUT2D eigenvalue weighted by atomic mass is 19.1. The maximum Gasteiger partial charge on any atom is 0.163 e. The van der Waals surface area contributed by atoms with E-state index in [1.807, 2.05) is 50.2 Å². The zero-order valence-electron chi connectivity index (χ0n) is 18.0. The fraction of sp³-hybridized carbons (Fsp3) is 0.222. The fourth-order valence-electron chi connectivity index (χ4n) is 3.88. The van der Waals surface area contributed by atoms with E-state index in [0.29, 0.717) is 35.2 Å². The summed E-state index contributed by atoms with van der Waals surface area (Å²) >= 11 is 0. The minimum atomic E-state index is -0.518. The summed E-state index contributed by atoms with van der Waals surface area (Å²) in [4.78, 5) is 18.5. The summed E-state index contributed by atoms with van der Waals surface area (Å²) in [6, 6.07) is 21.6. The Kier molecular flexibility index (Phi) is 6.13. The number of hydrogen-bond acceptors (Lipinski definition) is 4. The van der Waals surface area contributed by atoms with E-state index in [2.05, 4.69) is 11.2 Å². The number of nitrogens with zero attached hydrogens (tertiary/aromatic N) is 2. The van der Waals surface area contributed by atoms with Crippen LogP contribution in [0.1, 0.15) is 59.8 Å². The average molecular weight is 426 g/mol. The summed E-state index contributed by atoms with van der Waals surface area (Å²) in [6.45, 7) is 4.00. The minimum Gasteiger partial charge on any atom is -0.387 e. The molecule has 1 heterocycles. The molecule has 1 aliphatic rings. The van der Waals surface area contributed by atoms with Crippen molar-refractivity contribution in [3.8, 4) is 17.2 Å². The zero-order valence-corrected chi connectivity index (χ0v) is 18.0. The van der Waals surface area contributed by atoms with Crippen molar-refractivity contribution in [1.29, 1.82) is 5.26 Å². The van der Waals surface area contributed by atoms with E-state index in [4.69, 9.17) is 4.84 Å². The minimum absolute atomic E-state index is 0.0303. The lowest BCUT2D eigenvalue weighted by Gasteiger charge is -2.12. The Morgan fingerprint density at radius 3 is 2.59 bits per heavy atom. The van der Waals surface area contributed by atoms with Crippen LogP contribution in [0.25, 0.3) is 11.1 Å². The van der Waals surface area contributed by atoms with Crippen LogP contribution in [-0.2, 0) is 4.84 Å². The molecule has 0 aromatic heterocycles. The molecule has 4 nitrogen and oxygen atoms in total.